The van der Waals surface area contributed by atoms with Gasteiger partial charge in [0, 0.05) is 148 Å². The monoisotopic (exact) mass is 1860 g/mol. The summed E-state index contributed by atoms with van der Waals surface area (Å²) in [6, 6.07) is 61.1. The lowest BCUT2D eigenvalue weighted by Gasteiger charge is -2.18. The Balaban J connectivity index is 0.000000155. The van der Waals surface area contributed by atoms with Crippen LogP contribution in [0.4, 0.5) is 65.5 Å². The highest BCUT2D eigenvalue weighted by Crippen LogP contribution is 2.46. The highest BCUT2D eigenvalue weighted by Gasteiger charge is 2.36. The summed E-state index contributed by atoms with van der Waals surface area (Å²) in [6.45, 7) is 18.3. The number of pyridine rings is 3. The number of anilines is 9. The van der Waals surface area contributed by atoms with E-state index in [9.17, 15) is 54.2 Å². The van der Waals surface area contributed by atoms with Gasteiger partial charge in [0.1, 0.15) is 56.9 Å². The van der Waals surface area contributed by atoms with Gasteiger partial charge in [0.25, 0.3) is 16.7 Å². The smallest absolute Gasteiger partial charge is 0.365 e. The Labute approximate surface area is 749 Å². The van der Waals surface area contributed by atoms with Crippen LogP contribution in [0.3, 0.4) is 0 Å². The largest absolute Gasteiger partial charge is 0.421 e. The Bertz CT molecular complexity index is 7190. The van der Waals surface area contributed by atoms with E-state index in [1.165, 1.54) is 22.8 Å². The number of nitrogens with zero attached hydrogens (tertiary/aromatic N) is 11. The van der Waals surface area contributed by atoms with Gasteiger partial charge in [-0.2, -0.15) is 33.1 Å². The first-order valence-corrected chi connectivity index (χ1v) is 52.9. The molecule has 0 aliphatic carbocycles. The molecule has 0 saturated heterocycles. The fourth-order valence-electron chi connectivity index (χ4n) is 14.0. The second kappa shape index (κ2) is 39.7. The van der Waals surface area contributed by atoms with Crippen molar-refractivity contribution in [2.24, 2.45) is 21.1 Å². The van der Waals surface area contributed by atoms with Gasteiger partial charge in [0.15, 0.2) is 9.84 Å². The molecule has 5 N–H and O–H groups in total. The van der Waals surface area contributed by atoms with E-state index in [0.29, 0.717) is 95.2 Å². The molecule has 15 aromatic rings. The van der Waals surface area contributed by atoms with Crippen LogP contribution in [-0.2, 0) is 62.0 Å². The minimum atomic E-state index is -4.69. The average Bonchev–Trinajstić information content (AvgIpc) is 0.773. The predicted octanol–water partition coefficient (Wildman–Crippen LogP) is 19.9. The number of aryl methyl sites for hydroxylation is 5. The quantitative estimate of drug-likeness (QED) is 0.0371. The van der Waals surface area contributed by atoms with Crippen LogP contribution in [0.25, 0.3) is 66.5 Å². The molecule has 0 fully saturated rings. The van der Waals surface area contributed by atoms with E-state index in [-0.39, 0.29) is 34.1 Å². The molecule has 0 amide bonds. The summed E-state index contributed by atoms with van der Waals surface area (Å²) in [5, 5.41) is 21.2. The van der Waals surface area contributed by atoms with Crippen molar-refractivity contribution < 1.29 is 39.8 Å². The standard InChI is InChI=1S/C27H31N4O2P.C23H23N4O2P.C22H19Cl2N4O2P.C21H22F3N4O3PS/c1-5-15-34(33,16-6-2)22-13-11-21(12-14-22)29-27-28-18-20-17-24(23-10-8-7-9-19(23)3)26(32)31(4)25(20)30-27;1-15-7-5-6-8-19(15)20-13-16-14-24-23(26-21(16)27(2)22(20)28)25-17-9-11-18(12-10-17)30(3,4)29;1-28-20-13(11-16(21(28)29)19-17(23)5-4-6-18(19)24)12-25-22(27-20)26-14-7-9-15(10-8-14)31(2,3)30;1-32(2,29)16-9-7-15(8-10-16)27-20-26-13-18(21(22,23)24)19(28-20)25-12-14-5-4-6-17(11-14)33(3,30)31/h7-14,17-18H,5-6,15-16H2,1-4H3,(H,28,29,30);5-14H,1-4H3,(H,24,25,26);4-12H,1-3H3,(H,25,26,27);4-11,13H,12H2,1-3H3,(H2,25,26,27,28). The van der Waals surface area contributed by atoms with Crippen LogP contribution >= 0.6 is 51.8 Å². The number of sulfone groups is 1. The Morgan fingerprint density at radius 3 is 1.10 bits per heavy atom. The predicted molar refractivity (Wildman–Crippen MR) is 518 cm³/mol. The first-order valence-electron chi connectivity index (χ1n) is 40.4. The molecule has 35 heteroatoms. The third-order valence-corrected chi connectivity index (χ3v) is 30.8. The van der Waals surface area contributed by atoms with Crippen LogP contribution < -0.4 is 64.5 Å². The number of hydrogen-bond donors (Lipinski definition) is 5. The summed E-state index contributed by atoms with van der Waals surface area (Å²) in [5.74, 6) is 0.622. The van der Waals surface area contributed by atoms with Crippen molar-refractivity contribution >= 4 is 168 Å². The fourth-order valence-corrected chi connectivity index (χ4v) is 20.8. The van der Waals surface area contributed by atoms with Crippen LogP contribution in [0.1, 0.15) is 48.9 Å². The second-order valence-electron chi connectivity index (χ2n) is 31.7. The number of halogens is 5. The Kier molecular flexibility index (Phi) is 29.5. The van der Waals surface area contributed by atoms with Gasteiger partial charge in [-0.3, -0.25) is 28.1 Å². The minimum absolute atomic E-state index is 0.0649. The molecule has 7 heterocycles. The van der Waals surface area contributed by atoms with E-state index in [4.69, 9.17) is 23.2 Å². The molecule has 0 bridgehead atoms. The van der Waals surface area contributed by atoms with Gasteiger partial charge in [-0.05, 0) is 234 Å². The van der Waals surface area contributed by atoms with E-state index < -0.39 is 56.0 Å². The van der Waals surface area contributed by atoms with Gasteiger partial charge < -0.3 is 44.8 Å². The molecule has 128 heavy (non-hydrogen) atoms. The lowest BCUT2D eigenvalue weighted by atomic mass is 10.0. The van der Waals surface area contributed by atoms with Gasteiger partial charge >= 0.3 is 6.18 Å². The summed E-state index contributed by atoms with van der Waals surface area (Å²) >= 11 is 12.6. The number of fused-ring (bicyclic) bond motifs is 3. The average molecular weight is 1860 g/mol. The maximum atomic E-state index is 13.5. The summed E-state index contributed by atoms with van der Waals surface area (Å²) in [5.41, 5.74) is 9.44. The molecular weight excluding hydrogens is 1770 g/mol. The van der Waals surface area contributed by atoms with Crippen LogP contribution in [0.5, 0.6) is 0 Å². The van der Waals surface area contributed by atoms with Gasteiger partial charge in [-0.25, -0.2) is 28.4 Å². The summed E-state index contributed by atoms with van der Waals surface area (Å²) < 4.78 is 118. The summed E-state index contributed by atoms with van der Waals surface area (Å²) in [6.07, 6.45) is 5.41. The zero-order valence-corrected chi connectivity index (χ0v) is 78.6. The van der Waals surface area contributed by atoms with Gasteiger partial charge in [0.2, 0.25) is 23.8 Å². The third kappa shape index (κ3) is 23.1. The van der Waals surface area contributed by atoms with E-state index in [0.717, 1.165) is 97.4 Å². The number of aromatic nitrogens is 11. The van der Waals surface area contributed by atoms with Crippen molar-refractivity contribution in [1.29, 1.82) is 0 Å². The van der Waals surface area contributed by atoms with Crippen LogP contribution in [0.2, 0.25) is 10.0 Å². The first-order chi connectivity index (χ1) is 60.5. The molecule has 662 valence electrons. The maximum absolute atomic E-state index is 13.5. The molecule has 0 radical (unpaired) electrons. The van der Waals surface area contributed by atoms with Crippen molar-refractivity contribution in [3.05, 3.63) is 294 Å². The van der Waals surface area contributed by atoms with Crippen molar-refractivity contribution in [2.45, 2.75) is 58.2 Å². The lowest BCUT2D eigenvalue weighted by molar-refractivity contribution is -0.137. The number of rotatable bonds is 23. The zero-order chi connectivity index (χ0) is 92.5. The van der Waals surface area contributed by atoms with Crippen LogP contribution in [0, 0.1) is 13.8 Å². The van der Waals surface area contributed by atoms with Crippen molar-refractivity contribution in [3.63, 3.8) is 0 Å². The zero-order valence-electron chi connectivity index (χ0n) is 72.7. The molecule has 7 aromatic heterocycles. The maximum Gasteiger partial charge on any atom is 0.421 e. The molecule has 0 saturated carbocycles. The third-order valence-electron chi connectivity index (χ3n) is 20.8. The lowest BCUT2D eigenvalue weighted by Crippen LogP contribution is -2.20. The number of hydrogen-bond acceptors (Lipinski definition) is 22. The van der Waals surface area contributed by atoms with Gasteiger partial charge in [0.05, 0.1) is 20.5 Å². The summed E-state index contributed by atoms with van der Waals surface area (Å²) in [7, 11) is -7.76. The van der Waals surface area contributed by atoms with Crippen molar-refractivity contribution in [3.8, 4) is 33.4 Å². The normalized spacial score (nSPS) is 11.8. The van der Waals surface area contributed by atoms with Crippen LogP contribution in [0.15, 0.2) is 250 Å². The van der Waals surface area contributed by atoms with Gasteiger partial charge in [-0.15, -0.1) is 0 Å². The van der Waals surface area contributed by atoms with E-state index >= 15 is 0 Å². The SMILES string of the molecule is CCCP(=O)(CCC)c1ccc(Nc2ncc3cc(-c4ccccc4C)c(=O)n(C)c3n2)cc1.CP(C)(=O)c1ccc(Nc2ncc(C(F)(F)F)c(NCc3cccc(S(C)(=O)=O)c3)n2)cc1.Cc1ccccc1-c1cc2cnc(Nc3ccc(P(C)(C)=O)cc3)nc2n(C)c1=O.Cn1c(=O)c(-c2c(Cl)cccc2Cl)cc2cnc(Nc3ccc(P(C)(C)=O)cc3)nc21. The van der Waals surface area contributed by atoms with E-state index in [2.05, 4.69) is 80.3 Å². The molecular formula is C93H95Cl2F3N16O9P4S. The molecule has 0 unspecified atom stereocenters. The number of alkyl halides is 3. The van der Waals surface area contributed by atoms with E-state index in [1.807, 2.05) is 147 Å². The molecule has 0 atom stereocenters. The highest BCUT2D eigenvalue weighted by molar-refractivity contribution is 7.90. The Morgan fingerprint density at radius 1 is 0.414 bits per heavy atom. The molecule has 15 rings (SSSR count). The van der Waals surface area contributed by atoms with Gasteiger partial charge in [-0.1, -0.05) is 104 Å². The van der Waals surface area contributed by atoms with E-state index in [1.54, 1.807) is 143 Å². The molecule has 0 aliphatic heterocycles. The molecule has 0 spiro atoms. The first kappa shape index (κ1) is 95.1. The fraction of sp³-hybridized carbons (Fsp3) is 0.215. The van der Waals surface area contributed by atoms with Crippen LogP contribution in [-0.4, -0.2) is 121 Å². The Morgan fingerprint density at radius 2 is 0.750 bits per heavy atom. The number of nitrogens with one attached hydrogen (secondary N) is 5. The molecule has 25 nitrogen and oxygen atoms in total. The number of benzene rings is 8. The minimum Gasteiger partial charge on any atom is -0.365 e. The molecule has 0 aliphatic rings. The van der Waals surface area contributed by atoms with Crippen molar-refractivity contribution in [2.75, 3.05) is 85.2 Å². The second-order valence-corrected chi connectivity index (χ2v) is 47.4. The Hall–Kier alpha value is -12.1. The van der Waals surface area contributed by atoms with Crippen molar-refractivity contribution in [1.82, 2.24) is 53.6 Å². The summed E-state index contributed by atoms with van der Waals surface area (Å²) in [4.78, 5) is 73.8. The topological polar surface area (TPSA) is 332 Å². The highest BCUT2D eigenvalue weighted by atomic mass is 35.5. The molecule has 8 aromatic carbocycles.